The minimum Gasteiger partial charge on any atom is -0.507 e. The van der Waals surface area contributed by atoms with Crippen molar-refractivity contribution in [2.24, 2.45) is 5.10 Å². The number of anilines is 1. The molecule has 0 spiro atoms. The van der Waals surface area contributed by atoms with Crippen LogP contribution in [0.25, 0.3) is 0 Å². The van der Waals surface area contributed by atoms with Gasteiger partial charge in [0.05, 0.1) is 17.3 Å². The standard InChI is InChI=1S/C22H18N2O3/c25-20-12-6-4-11-17(20)19(24-23-15-8-2-1-3-9-15)14-18-16-10-5-7-13-21(16)27-22(18)26/h1-13,18,23,25H,14H2/b24-19+/t18-/m0/s1. The maximum atomic E-state index is 12.4. The molecular formula is C22H18N2O3. The molecule has 1 aliphatic heterocycles. The van der Waals surface area contributed by atoms with E-state index in [0.29, 0.717) is 23.4 Å². The zero-order valence-corrected chi connectivity index (χ0v) is 14.5. The van der Waals surface area contributed by atoms with E-state index in [1.165, 1.54) is 0 Å². The number of phenols is 1. The minimum absolute atomic E-state index is 0.116. The predicted octanol–water partition coefficient (Wildman–Crippen LogP) is 4.30. The Morgan fingerprint density at radius 1 is 0.963 bits per heavy atom. The van der Waals surface area contributed by atoms with E-state index in [0.717, 1.165) is 11.3 Å². The van der Waals surface area contributed by atoms with Gasteiger partial charge in [-0.1, -0.05) is 48.5 Å². The highest BCUT2D eigenvalue weighted by Gasteiger charge is 2.34. The molecular weight excluding hydrogens is 340 g/mol. The fraction of sp³-hybridized carbons (Fsp3) is 0.0909. The molecule has 0 aromatic heterocycles. The first-order chi connectivity index (χ1) is 13.2. The number of nitrogens with zero attached hydrogens (tertiary/aromatic N) is 1. The summed E-state index contributed by atoms with van der Waals surface area (Å²) in [6, 6.07) is 23.9. The highest BCUT2D eigenvalue weighted by molar-refractivity contribution is 6.06. The third-order valence-corrected chi connectivity index (χ3v) is 4.50. The van der Waals surface area contributed by atoms with Crippen LogP contribution in [0.15, 0.2) is 84.0 Å². The molecule has 3 aromatic rings. The summed E-state index contributed by atoms with van der Waals surface area (Å²) in [5.41, 5.74) is 5.83. The van der Waals surface area contributed by atoms with Crippen molar-refractivity contribution in [1.82, 2.24) is 0 Å². The Morgan fingerprint density at radius 2 is 1.67 bits per heavy atom. The van der Waals surface area contributed by atoms with Gasteiger partial charge in [-0.3, -0.25) is 10.2 Å². The van der Waals surface area contributed by atoms with Gasteiger partial charge in [-0.25, -0.2) is 0 Å². The van der Waals surface area contributed by atoms with E-state index in [9.17, 15) is 9.90 Å². The number of ether oxygens (including phenoxy) is 1. The van der Waals surface area contributed by atoms with Crippen molar-refractivity contribution >= 4 is 17.4 Å². The van der Waals surface area contributed by atoms with Gasteiger partial charge in [-0.15, -0.1) is 0 Å². The van der Waals surface area contributed by atoms with Crippen LogP contribution in [-0.2, 0) is 4.79 Å². The summed E-state index contributed by atoms with van der Waals surface area (Å²) >= 11 is 0. The first-order valence-electron chi connectivity index (χ1n) is 8.69. The molecule has 0 amide bonds. The number of hydrazone groups is 1. The van der Waals surface area contributed by atoms with Gasteiger partial charge in [0.15, 0.2) is 0 Å². The van der Waals surface area contributed by atoms with E-state index in [1.54, 1.807) is 24.3 Å². The molecule has 0 aliphatic carbocycles. The smallest absolute Gasteiger partial charge is 0.319 e. The van der Waals surface area contributed by atoms with E-state index in [4.69, 9.17) is 4.74 Å². The number of esters is 1. The van der Waals surface area contributed by atoms with Crippen molar-refractivity contribution in [2.45, 2.75) is 12.3 Å². The molecule has 0 radical (unpaired) electrons. The molecule has 1 atom stereocenters. The summed E-state index contributed by atoms with van der Waals surface area (Å²) in [4.78, 5) is 12.4. The molecule has 5 nitrogen and oxygen atoms in total. The van der Waals surface area contributed by atoms with Gasteiger partial charge in [0, 0.05) is 17.5 Å². The fourth-order valence-electron chi connectivity index (χ4n) is 3.13. The van der Waals surface area contributed by atoms with Crippen LogP contribution in [0.5, 0.6) is 11.5 Å². The second kappa shape index (κ2) is 7.33. The molecule has 0 fully saturated rings. The number of rotatable bonds is 5. The molecule has 0 bridgehead atoms. The van der Waals surface area contributed by atoms with Crippen LogP contribution in [0, 0.1) is 0 Å². The normalized spacial score (nSPS) is 15.9. The van der Waals surface area contributed by atoms with Crippen molar-refractivity contribution in [3.63, 3.8) is 0 Å². The van der Waals surface area contributed by atoms with Crippen LogP contribution < -0.4 is 10.2 Å². The average molecular weight is 358 g/mol. The lowest BCUT2D eigenvalue weighted by atomic mass is 9.92. The summed E-state index contributed by atoms with van der Waals surface area (Å²) in [5.74, 6) is -0.0675. The SMILES string of the molecule is O=C1Oc2ccccc2[C@@H]1C/C(=N\Nc1ccccc1)c1ccccc1O. The maximum Gasteiger partial charge on any atom is 0.319 e. The molecule has 0 saturated heterocycles. The van der Waals surface area contributed by atoms with E-state index in [1.807, 2.05) is 54.6 Å². The Labute approximate surface area is 156 Å². The van der Waals surface area contributed by atoms with Gasteiger partial charge in [0.2, 0.25) is 0 Å². The Balaban J connectivity index is 1.68. The highest BCUT2D eigenvalue weighted by Crippen LogP contribution is 2.38. The second-order valence-electron chi connectivity index (χ2n) is 6.27. The van der Waals surface area contributed by atoms with E-state index in [2.05, 4.69) is 10.5 Å². The van der Waals surface area contributed by atoms with Gasteiger partial charge in [-0.2, -0.15) is 5.10 Å². The number of hydrogen-bond donors (Lipinski definition) is 2. The van der Waals surface area contributed by atoms with Crippen LogP contribution in [0.1, 0.15) is 23.5 Å². The number of hydrogen-bond acceptors (Lipinski definition) is 5. The lowest BCUT2D eigenvalue weighted by Crippen LogP contribution is -2.16. The molecule has 1 aliphatic rings. The molecule has 0 unspecified atom stereocenters. The summed E-state index contributed by atoms with van der Waals surface area (Å²) < 4.78 is 5.37. The quantitative estimate of drug-likeness (QED) is 0.309. The van der Waals surface area contributed by atoms with Crippen LogP contribution in [0.2, 0.25) is 0 Å². The molecule has 3 aromatic carbocycles. The van der Waals surface area contributed by atoms with Gasteiger partial charge in [-0.05, 0) is 30.3 Å². The maximum absolute atomic E-state index is 12.4. The van der Waals surface area contributed by atoms with Crippen LogP contribution >= 0.6 is 0 Å². The Hall–Kier alpha value is -3.60. The van der Waals surface area contributed by atoms with Gasteiger partial charge < -0.3 is 9.84 Å². The molecule has 0 saturated carbocycles. The van der Waals surface area contributed by atoms with Crippen molar-refractivity contribution in [1.29, 1.82) is 0 Å². The Bertz CT molecular complexity index is 999. The van der Waals surface area contributed by atoms with Gasteiger partial charge in [0.1, 0.15) is 11.5 Å². The topological polar surface area (TPSA) is 70.9 Å². The van der Waals surface area contributed by atoms with Crippen molar-refractivity contribution in [2.75, 3.05) is 5.43 Å². The molecule has 5 heteroatoms. The van der Waals surface area contributed by atoms with Crippen LogP contribution in [0.3, 0.4) is 0 Å². The molecule has 4 rings (SSSR count). The third kappa shape index (κ3) is 3.53. The van der Waals surface area contributed by atoms with E-state index < -0.39 is 5.92 Å². The van der Waals surface area contributed by atoms with Crippen molar-refractivity contribution < 1.29 is 14.6 Å². The highest BCUT2D eigenvalue weighted by atomic mass is 16.5. The number of nitrogens with one attached hydrogen (secondary N) is 1. The third-order valence-electron chi connectivity index (χ3n) is 4.50. The number of carbonyl (C=O) groups is 1. The number of phenolic OH excluding ortho intramolecular Hbond substituents is 1. The van der Waals surface area contributed by atoms with E-state index in [-0.39, 0.29) is 11.7 Å². The van der Waals surface area contributed by atoms with Crippen molar-refractivity contribution in [3.8, 4) is 11.5 Å². The number of fused-ring (bicyclic) bond motifs is 1. The summed E-state index contributed by atoms with van der Waals surface area (Å²) in [6.07, 6.45) is 0.313. The van der Waals surface area contributed by atoms with Crippen molar-refractivity contribution in [3.05, 3.63) is 90.0 Å². The number of benzene rings is 3. The van der Waals surface area contributed by atoms with E-state index >= 15 is 0 Å². The first-order valence-corrected chi connectivity index (χ1v) is 8.69. The number of para-hydroxylation sites is 3. The minimum atomic E-state index is -0.461. The zero-order valence-electron chi connectivity index (χ0n) is 14.5. The Morgan fingerprint density at radius 3 is 2.48 bits per heavy atom. The molecule has 134 valence electrons. The molecule has 1 heterocycles. The lowest BCUT2D eigenvalue weighted by Gasteiger charge is -2.13. The Kier molecular flexibility index (Phi) is 4.58. The van der Waals surface area contributed by atoms with Crippen LogP contribution in [0.4, 0.5) is 5.69 Å². The van der Waals surface area contributed by atoms with Gasteiger partial charge in [0.25, 0.3) is 0 Å². The summed E-state index contributed by atoms with van der Waals surface area (Å²) in [6.45, 7) is 0. The lowest BCUT2D eigenvalue weighted by molar-refractivity contribution is -0.133. The molecule has 2 N–H and O–H groups in total. The fourth-order valence-corrected chi connectivity index (χ4v) is 3.13. The number of carbonyl (C=O) groups excluding carboxylic acids is 1. The number of aromatic hydroxyl groups is 1. The van der Waals surface area contributed by atoms with Gasteiger partial charge >= 0.3 is 5.97 Å². The largest absolute Gasteiger partial charge is 0.507 e. The predicted molar refractivity (Wildman–Crippen MR) is 104 cm³/mol. The summed E-state index contributed by atoms with van der Waals surface area (Å²) in [5, 5.41) is 14.8. The zero-order chi connectivity index (χ0) is 18.6. The first kappa shape index (κ1) is 16.8. The second-order valence-corrected chi connectivity index (χ2v) is 6.27. The molecule has 27 heavy (non-hydrogen) atoms. The summed E-state index contributed by atoms with van der Waals surface area (Å²) in [7, 11) is 0. The average Bonchev–Trinajstić information content (AvgIpc) is 3.01. The monoisotopic (exact) mass is 358 g/mol. The van der Waals surface area contributed by atoms with Crippen LogP contribution in [-0.4, -0.2) is 16.8 Å².